The van der Waals surface area contributed by atoms with Crippen molar-refractivity contribution in [2.24, 2.45) is 16.7 Å². The van der Waals surface area contributed by atoms with Gasteiger partial charge in [-0.2, -0.15) is 0 Å². The lowest BCUT2D eigenvalue weighted by atomic mass is 9.70. The Bertz CT molecular complexity index is 678. The third-order valence-electron chi connectivity index (χ3n) is 8.10. The highest BCUT2D eigenvalue weighted by Gasteiger charge is 2.58. The molecule has 2 nitrogen and oxygen atoms in total. The van der Waals surface area contributed by atoms with Gasteiger partial charge in [0.05, 0.1) is 6.67 Å². The van der Waals surface area contributed by atoms with Crippen LogP contribution in [0.15, 0.2) is 18.2 Å². The van der Waals surface area contributed by atoms with Crippen LogP contribution in [0.1, 0.15) is 90.7 Å². The first-order chi connectivity index (χ1) is 12.6. The molecule has 1 saturated heterocycles. The van der Waals surface area contributed by atoms with Gasteiger partial charge in [-0.3, -0.25) is 4.90 Å². The zero-order chi connectivity index (χ0) is 19.6. The van der Waals surface area contributed by atoms with Gasteiger partial charge in [0.15, 0.2) is 0 Å². The Hall–Kier alpha value is -1.02. The van der Waals surface area contributed by atoms with E-state index in [1.54, 1.807) is 5.69 Å². The van der Waals surface area contributed by atoms with Gasteiger partial charge in [-0.05, 0) is 59.0 Å². The molecular formula is C25H40N2. The summed E-state index contributed by atoms with van der Waals surface area (Å²) in [4.78, 5) is 5.53. The molecule has 150 valence electrons. The molecule has 2 heteroatoms. The van der Waals surface area contributed by atoms with Crippen LogP contribution in [0.4, 0.5) is 5.69 Å². The van der Waals surface area contributed by atoms with Crippen LogP contribution in [-0.4, -0.2) is 30.7 Å². The molecule has 3 atom stereocenters. The molecule has 0 radical (unpaired) electrons. The molecule has 3 fully saturated rings. The van der Waals surface area contributed by atoms with E-state index in [1.165, 1.54) is 43.5 Å². The van der Waals surface area contributed by atoms with Gasteiger partial charge in [0.2, 0.25) is 0 Å². The molecule has 1 aliphatic heterocycles. The number of nitrogens with zero attached hydrogens (tertiary/aromatic N) is 2. The highest BCUT2D eigenvalue weighted by Crippen LogP contribution is 2.63. The second kappa shape index (κ2) is 6.51. The first-order valence-electron chi connectivity index (χ1n) is 11.2. The molecule has 0 N–H and O–H groups in total. The molecular weight excluding hydrogens is 328 g/mol. The Labute approximate surface area is 167 Å². The number of hydrogen-bond donors (Lipinski definition) is 0. The van der Waals surface area contributed by atoms with E-state index in [4.69, 9.17) is 0 Å². The molecule has 1 heterocycles. The predicted octanol–water partition coefficient (Wildman–Crippen LogP) is 6.23. The minimum Gasteiger partial charge on any atom is -0.357 e. The Morgan fingerprint density at radius 3 is 2.07 bits per heavy atom. The summed E-state index contributed by atoms with van der Waals surface area (Å²) in [5, 5.41) is 0. The highest BCUT2D eigenvalue weighted by molar-refractivity contribution is 5.62. The van der Waals surface area contributed by atoms with Crippen LogP contribution in [0, 0.1) is 16.7 Å². The molecule has 27 heavy (non-hydrogen) atoms. The van der Waals surface area contributed by atoms with Crippen LogP contribution >= 0.6 is 0 Å². The van der Waals surface area contributed by atoms with Gasteiger partial charge in [0.1, 0.15) is 0 Å². The molecule has 2 bridgehead atoms. The fourth-order valence-corrected chi connectivity index (χ4v) is 6.82. The van der Waals surface area contributed by atoms with E-state index in [0.717, 1.165) is 18.6 Å². The van der Waals surface area contributed by atoms with Crippen molar-refractivity contribution in [2.75, 3.05) is 24.7 Å². The van der Waals surface area contributed by atoms with Crippen LogP contribution in [0.25, 0.3) is 0 Å². The summed E-state index contributed by atoms with van der Waals surface area (Å²) in [6, 6.07) is 7.77. The lowest BCUT2D eigenvalue weighted by Crippen LogP contribution is -2.46. The molecule has 0 aromatic heterocycles. The normalized spacial score (nSPS) is 33.0. The average molecular weight is 369 g/mol. The van der Waals surface area contributed by atoms with Crippen LogP contribution < -0.4 is 4.90 Å². The second-order valence-corrected chi connectivity index (χ2v) is 11.3. The quantitative estimate of drug-likeness (QED) is 0.622. The number of para-hydroxylation sites is 1. The van der Waals surface area contributed by atoms with Gasteiger partial charge < -0.3 is 4.90 Å². The number of benzene rings is 1. The van der Waals surface area contributed by atoms with E-state index in [9.17, 15) is 0 Å². The van der Waals surface area contributed by atoms with Crippen LogP contribution in [0.3, 0.4) is 0 Å². The summed E-state index contributed by atoms with van der Waals surface area (Å²) in [5.74, 6) is 2.08. The summed E-state index contributed by atoms with van der Waals surface area (Å²) in [7, 11) is 0. The largest absolute Gasteiger partial charge is 0.357 e. The van der Waals surface area contributed by atoms with E-state index < -0.39 is 0 Å². The van der Waals surface area contributed by atoms with E-state index in [1.807, 2.05) is 0 Å². The van der Waals surface area contributed by atoms with Gasteiger partial charge in [0, 0.05) is 24.8 Å². The first-order valence-corrected chi connectivity index (χ1v) is 11.2. The van der Waals surface area contributed by atoms with Gasteiger partial charge in [-0.1, -0.05) is 66.7 Å². The van der Waals surface area contributed by atoms with Crippen molar-refractivity contribution in [1.29, 1.82) is 0 Å². The van der Waals surface area contributed by atoms with E-state index >= 15 is 0 Å². The van der Waals surface area contributed by atoms with Crippen LogP contribution in [0.5, 0.6) is 0 Å². The van der Waals surface area contributed by atoms with Crippen LogP contribution in [-0.2, 0) is 0 Å². The van der Waals surface area contributed by atoms with E-state index in [2.05, 4.69) is 76.5 Å². The van der Waals surface area contributed by atoms with Gasteiger partial charge >= 0.3 is 0 Å². The maximum absolute atomic E-state index is 2.83. The highest BCUT2D eigenvalue weighted by atomic mass is 15.4. The summed E-state index contributed by atoms with van der Waals surface area (Å²) >= 11 is 0. The first kappa shape index (κ1) is 19.3. The minimum absolute atomic E-state index is 0.530. The third-order valence-corrected chi connectivity index (χ3v) is 8.10. The Morgan fingerprint density at radius 2 is 1.59 bits per heavy atom. The SMILES string of the molecule is CC(C)c1cccc(C(C)C)c1N1CCN(C2CC3CC2(C)CC3(C)C)C1. The molecule has 0 spiro atoms. The number of anilines is 1. The Kier molecular flexibility index (Phi) is 4.65. The zero-order valence-electron chi connectivity index (χ0n) is 18.7. The smallest absolute Gasteiger partial charge is 0.0711 e. The van der Waals surface area contributed by atoms with Crippen molar-refractivity contribution in [3.63, 3.8) is 0 Å². The lowest BCUT2D eigenvalue weighted by Gasteiger charge is -2.43. The average Bonchev–Trinajstić information content (AvgIpc) is 3.23. The Balaban J connectivity index is 1.58. The molecule has 2 aliphatic carbocycles. The fraction of sp³-hybridized carbons (Fsp3) is 0.760. The monoisotopic (exact) mass is 368 g/mol. The van der Waals surface area contributed by atoms with E-state index in [0.29, 0.717) is 22.7 Å². The molecule has 1 aromatic carbocycles. The van der Waals surface area contributed by atoms with Gasteiger partial charge in [0.25, 0.3) is 0 Å². The Morgan fingerprint density at radius 1 is 0.963 bits per heavy atom. The molecule has 0 amide bonds. The molecule has 4 rings (SSSR count). The minimum atomic E-state index is 0.530. The summed E-state index contributed by atoms with van der Waals surface area (Å²) in [6.07, 6.45) is 4.27. The van der Waals surface area contributed by atoms with Crippen molar-refractivity contribution >= 4 is 5.69 Å². The molecule has 3 aliphatic rings. The number of hydrogen-bond acceptors (Lipinski definition) is 2. The maximum Gasteiger partial charge on any atom is 0.0711 e. The van der Waals surface area contributed by atoms with Crippen molar-refractivity contribution in [3.8, 4) is 0 Å². The van der Waals surface area contributed by atoms with Crippen LogP contribution in [0.2, 0.25) is 0 Å². The lowest BCUT2D eigenvalue weighted by molar-refractivity contribution is 0.0648. The molecule has 3 unspecified atom stereocenters. The third kappa shape index (κ3) is 3.12. The number of rotatable bonds is 4. The standard InChI is InChI=1S/C25H40N2/c1-17(2)20-9-8-10-21(18(3)4)23(20)27-12-11-26(16-27)22-13-19-14-25(22,7)15-24(19,5)6/h8-10,17-19,22H,11-16H2,1-7H3. The summed E-state index contributed by atoms with van der Waals surface area (Å²) in [6.45, 7) is 20.5. The summed E-state index contributed by atoms with van der Waals surface area (Å²) < 4.78 is 0. The van der Waals surface area contributed by atoms with Gasteiger partial charge in [-0.25, -0.2) is 0 Å². The molecule has 1 aromatic rings. The predicted molar refractivity (Wildman–Crippen MR) is 117 cm³/mol. The number of fused-ring (bicyclic) bond motifs is 2. The summed E-state index contributed by atoms with van der Waals surface area (Å²) in [5.41, 5.74) is 5.69. The van der Waals surface area contributed by atoms with Gasteiger partial charge in [-0.15, -0.1) is 0 Å². The van der Waals surface area contributed by atoms with Crippen molar-refractivity contribution < 1.29 is 0 Å². The second-order valence-electron chi connectivity index (χ2n) is 11.3. The zero-order valence-corrected chi connectivity index (χ0v) is 18.7. The topological polar surface area (TPSA) is 6.48 Å². The fourth-order valence-electron chi connectivity index (χ4n) is 6.82. The van der Waals surface area contributed by atoms with Crippen molar-refractivity contribution in [2.45, 2.75) is 85.6 Å². The maximum atomic E-state index is 2.83. The van der Waals surface area contributed by atoms with Crippen molar-refractivity contribution in [1.82, 2.24) is 4.90 Å². The molecule has 2 saturated carbocycles. The van der Waals surface area contributed by atoms with Crippen molar-refractivity contribution in [3.05, 3.63) is 29.3 Å². The van der Waals surface area contributed by atoms with E-state index in [-0.39, 0.29) is 0 Å².